The largest absolute Gasteiger partial charge is 0.390 e. The molecule has 1 N–H and O–H groups in total. The standard InChI is InChI=1S/C8H16O2/c1-6-7(4-5-10-6)8(2,3)9/h6-7,9H,4-5H2,1-3H3. The summed E-state index contributed by atoms with van der Waals surface area (Å²) in [4.78, 5) is 0. The van der Waals surface area contributed by atoms with E-state index >= 15 is 0 Å². The molecule has 1 aliphatic rings. The quantitative estimate of drug-likeness (QED) is 0.599. The van der Waals surface area contributed by atoms with Gasteiger partial charge >= 0.3 is 0 Å². The van der Waals surface area contributed by atoms with Crippen LogP contribution in [0.15, 0.2) is 0 Å². The van der Waals surface area contributed by atoms with Crippen LogP contribution in [0, 0.1) is 5.92 Å². The molecule has 1 rings (SSSR count). The Kier molecular flexibility index (Phi) is 2.02. The van der Waals surface area contributed by atoms with Crippen LogP contribution in [0.5, 0.6) is 0 Å². The number of aliphatic hydroxyl groups is 1. The summed E-state index contributed by atoms with van der Waals surface area (Å²) in [5, 5.41) is 9.61. The van der Waals surface area contributed by atoms with E-state index in [1.165, 1.54) is 0 Å². The van der Waals surface area contributed by atoms with Crippen molar-refractivity contribution in [1.82, 2.24) is 0 Å². The van der Waals surface area contributed by atoms with Crippen molar-refractivity contribution in [1.29, 1.82) is 0 Å². The Morgan fingerprint density at radius 1 is 1.50 bits per heavy atom. The second-order valence-electron chi connectivity index (χ2n) is 3.62. The molecule has 0 aliphatic carbocycles. The predicted molar refractivity (Wildman–Crippen MR) is 39.8 cm³/mol. The highest BCUT2D eigenvalue weighted by Crippen LogP contribution is 2.30. The van der Waals surface area contributed by atoms with E-state index in [1.807, 2.05) is 20.8 Å². The van der Waals surface area contributed by atoms with Crippen LogP contribution in [-0.2, 0) is 4.74 Å². The van der Waals surface area contributed by atoms with Gasteiger partial charge in [0.05, 0.1) is 11.7 Å². The van der Waals surface area contributed by atoms with Gasteiger partial charge in [-0.1, -0.05) is 0 Å². The summed E-state index contributed by atoms with van der Waals surface area (Å²) in [6.45, 7) is 6.52. The highest BCUT2D eigenvalue weighted by molar-refractivity contribution is 4.85. The van der Waals surface area contributed by atoms with E-state index in [1.54, 1.807) is 0 Å². The summed E-state index contributed by atoms with van der Waals surface area (Å²) in [5.41, 5.74) is -0.573. The van der Waals surface area contributed by atoms with Crippen molar-refractivity contribution in [2.24, 2.45) is 5.92 Å². The Balaban J connectivity index is 2.55. The van der Waals surface area contributed by atoms with Gasteiger partial charge in [0.2, 0.25) is 0 Å². The normalized spacial score (nSPS) is 34.8. The van der Waals surface area contributed by atoms with Crippen molar-refractivity contribution in [3.8, 4) is 0 Å². The second-order valence-corrected chi connectivity index (χ2v) is 3.62. The average Bonchev–Trinajstić information content (AvgIpc) is 2.11. The van der Waals surface area contributed by atoms with Crippen LogP contribution in [0.25, 0.3) is 0 Å². The van der Waals surface area contributed by atoms with E-state index in [9.17, 15) is 5.11 Å². The highest BCUT2D eigenvalue weighted by Gasteiger charge is 2.35. The van der Waals surface area contributed by atoms with E-state index in [0.717, 1.165) is 13.0 Å². The fraction of sp³-hybridized carbons (Fsp3) is 1.00. The molecule has 0 saturated carbocycles. The Labute approximate surface area is 62.2 Å². The van der Waals surface area contributed by atoms with Gasteiger partial charge in [0.25, 0.3) is 0 Å². The summed E-state index contributed by atoms with van der Waals surface area (Å²) in [6, 6.07) is 0. The molecule has 1 aliphatic heterocycles. The molecule has 0 bridgehead atoms. The zero-order valence-electron chi connectivity index (χ0n) is 6.92. The smallest absolute Gasteiger partial charge is 0.0645 e. The first-order valence-corrected chi connectivity index (χ1v) is 3.86. The third kappa shape index (κ3) is 1.50. The minimum Gasteiger partial charge on any atom is -0.390 e. The van der Waals surface area contributed by atoms with Crippen molar-refractivity contribution >= 4 is 0 Å². The van der Waals surface area contributed by atoms with E-state index in [2.05, 4.69) is 0 Å². The monoisotopic (exact) mass is 144 g/mol. The second kappa shape index (κ2) is 2.51. The van der Waals surface area contributed by atoms with E-state index in [0.29, 0.717) is 5.92 Å². The topological polar surface area (TPSA) is 29.5 Å². The van der Waals surface area contributed by atoms with Crippen LogP contribution in [0.3, 0.4) is 0 Å². The third-order valence-electron chi connectivity index (χ3n) is 2.28. The molecule has 1 fully saturated rings. The zero-order chi connectivity index (χ0) is 7.78. The van der Waals surface area contributed by atoms with E-state index in [4.69, 9.17) is 4.74 Å². The van der Waals surface area contributed by atoms with Crippen LogP contribution in [0.1, 0.15) is 27.2 Å². The molecular weight excluding hydrogens is 128 g/mol. The maximum atomic E-state index is 9.61. The lowest BCUT2D eigenvalue weighted by Gasteiger charge is -2.27. The molecule has 0 spiro atoms. The molecule has 1 heterocycles. The first-order chi connectivity index (χ1) is 4.52. The molecule has 10 heavy (non-hydrogen) atoms. The molecule has 0 amide bonds. The zero-order valence-corrected chi connectivity index (χ0v) is 6.92. The Hall–Kier alpha value is -0.0800. The van der Waals surface area contributed by atoms with Gasteiger partial charge in [-0.15, -0.1) is 0 Å². The number of ether oxygens (including phenoxy) is 1. The van der Waals surface area contributed by atoms with Gasteiger partial charge < -0.3 is 9.84 Å². The molecule has 2 heteroatoms. The van der Waals surface area contributed by atoms with Gasteiger partial charge in [0.15, 0.2) is 0 Å². The third-order valence-corrected chi connectivity index (χ3v) is 2.28. The summed E-state index contributed by atoms with van der Waals surface area (Å²) in [7, 11) is 0. The lowest BCUT2D eigenvalue weighted by molar-refractivity contribution is -0.0163. The predicted octanol–water partition coefficient (Wildman–Crippen LogP) is 1.18. The Morgan fingerprint density at radius 2 is 2.10 bits per heavy atom. The van der Waals surface area contributed by atoms with Crippen LogP contribution in [-0.4, -0.2) is 23.4 Å². The molecule has 60 valence electrons. The first-order valence-electron chi connectivity index (χ1n) is 3.86. The maximum absolute atomic E-state index is 9.61. The van der Waals surface area contributed by atoms with Gasteiger partial charge in [-0.3, -0.25) is 0 Å². The minimum absolute atomic E-state index is 0.222. The molecule has 2 nitrogen and oxygen atoms in total. The Bertz CT molecular complexity index is 115. The van der Waals surface area contributed by atoms with Crippen molar-refractivity contribution in [3.63, 3.8) is 0 Å². The molecule has 0 aromatic heterocycles. The SMILES string of the molecule is CC1OCCC1C(C)(C)O. The minimum atomic E-state index is -0.573. The molecule has 2 atom stereocenters. The van der Waals surface area contributed by atoms with E-state index < -0.39 is 5.60 Å². The van der Waals surface area contributed by atoms with Crippen LogP contribution in [0.4, 0.5) is 0 Å². The van der Waals surface area contributed by atoms with Gasteiger partial charge in [-0.05, 0) is 27.2 Å². The van der Waals surface area contributed by atoms with E-state index in [-0.39, 0.29) is 6.10 Å². The first kappa shape index (κ1) is 8.02. The van der Waals surface area contributed by atoms with Gasteiger partial charge in [-0.25, -0.2) is 0 Å². The summed E-state index contributed by atoms with van der Waals surface area (Å²) < 4.78 is 5.33. The summed E-state index contributed by atoms with van der Waals surface area (Å²) in [6.07, 6.45) is 1.21. The van der Waals surface area contributed by atoms with Gasteiger partial charge in [0, 0.05) is 12.5 Å². The highest BCUT2D eigenvalue weighted by atomic mass is 16.5. The van der Waals surface area contributed by atoms with Crippen LogP contribution in [0.2, 0.25) is 0 Å². The lowest BCUT2D eigenvalue weighted by Crippen LogP contribution is -2.35. The van der Waals surface area contributed by atoms with Crippen molar-refractivity contribution < 1.29 is 9.84 Å². The average molecular weight is 144 g/mol. The van der Waals surface area contributed by atoms with Crippen molar-refractivity contribution in [2.75, 3.05) is 6.61 Å². The van der Waals surface area contributed by atoms with Gasteiger partial charge in [0.1, 0.15) is 0 Å². The van der Waals surface area contributed by atoms with Crippen LogP contribution >= 0.6 is 0 Å². The Morgan fingerprint density at radius 3 is 2.30 bits per heavy atom. The van der Waals surface area contributed by atoms with Crippen molar-refractivity contribution in [3.05, 3.63) is 0 Å². The molecule has 0 aromatic carbocycles. The molecule has 0 radical (unpaired) electrons. The molecular formula is C8H16O2. The number of hydrogen-bond acceptors (Lipinski definition) is 2. The van der Waals surface area contributed by atoms with Crippen molar-refractivity contribution in [2.45, 2.75) is 38.9 Å². The summed E-state index contributed by atoms with van der Waals surface area (Å²) >= 11 is 0. The molecule has 2 unspecified atom stereocenters. The van der Waals surface area contributed by atoms with Gasteiger partial charge in [-0.2, -0.15) is 0 Å². The molecule has 0 aromatic rings. The maximum Gasteiger partial charge on any atom is 0.0645 e. The fourth-order valence-electron chi connectivity index (χ4n) is 1.66. The summed E-state index contributed by atoms with van der Waals surface area (Å²) in [5.74, 6) is 0.312. The molecule has 1 saturated heterocycles. The number of rotatable bonds is 1. The van der Waals surface area contributed by atoms with Crippen LogP contribution < -0.4 is 0 Å². The fourth-order valence-corrected chi connectivity index (χ4v) is 1.66. The number of hydrogen-bond donors (Lipinski definition) is 1. The lowest BCUT2D eigenvalue weighted by atomic mass is 9.86.